The fraction of sp³-hybridized carbons (Fsp3) is 0.529. The van der Waals surface area contributed by atoms with Gasteiger partial charge in [-0.1, -0.05) is 6.92 Å². The van der Waals surface area contributed by atoms with Crippen molar-refractivity contribution in [3.63, 3.8) is 0 Å². The van der Waals surface area contributed by atoms with Crippen LogP contribution in [-0.2, 0) is 16.6 Å². The Morgan fingerprint density at radius 3 is 2.92 bits per heavy atom. The summed E-state index contributed by atoms with van der Waals surface area (Å²) in [6.07, 6.45) is 5.02. The molecule has 8 heteroatoms. The molecule has 3 rings (SSSR count). The predicted octanol–water partition coefficient (Wildman–Crippen LogP) is 3.36. The summed E-state index contributed by atoms with van der Waals surface area (Å²) in [5, 5.41) is 2.74. The van der Waals surface area contributed by atoms with Gasteiger partial charge in [-0.3, -0.25) is 0 Å². The quantitative estimate of drug-likeness (QED) is 0.765. The average molecular weight is 408 g/mol. The van der Waals surface area contributed by atoms with Gasteiger partial charge in [-0.2, -0.15) is 0 Å². The van der Waals surface area contributed by atoms with Gasteiger partial charge < -0.3 is 15.0 Å². The van der Waals surface area contributed by atoms with Gasteiger partial charge in [0.1, 0.15) is 21.9 Å². The van der Waals surface area contributed by atoms with E-state index >= 15 is 0 Å². The van der Waals surface area contributed by atoms with E-state index in [1.807, 2.05) is 13.0 Å². The van der Waals surface area contributed by atoms with E-state index in [-0.39, 0.29) is 11.5 Å². The number of halogens is 1. The highest BCUT2D eigenvalue weighted by Crippen LogP contribution is 2.47. The Hall–Kier alpha value is -1.96. The van der Waals surface area contributed by atoms with Gasteiger partial charge in [0, 0.05) is 24.1 Å². The Morgan fingerprint density at radius 2 is 2.24 bits per heavy atom. The number of ether oxygens (including phenoxy) is 1. The van der Waals surface area contributed by atoms with E-state index in [0.29, 0.717) is 6.42 Å². The fourth-order valence-electron chi connectivity index (χ4n) is 2.56. The first-order valence-electron chi connectivity index (χ1n) is 8.34. The molecule has 2 aromatic rings. The molecule has 0 spiro atoms. The van der Waals surface area contributed by atoms with Crippen LogP contribution in [0.15, 0.2) is 16.9 Å². The number of rotatable bonds is 6. The maximum absolute atomic E-state index is 11.2. The highest BCUT2D eigenvalue weighted by molar-refractivity contribution is 9.10. The topological polar surface area (TPSA) is 92.8 Å². The summed E-state index contributed by atoms with van der Waals surface area (Å²) in [5.74, 6) is 1.73. The van der Waals surface area contributed by atoms with Gasteiger partial charge in [-0.05, 0) is 48.2 Å². The highest BCUT2D eigenvalue weighted by atomic mass is 79.9. The molecule has 7 nitrogen and oxygen atoms in total. The summed E-state index contributed by atoms with van der Waals surface area (Å²) >= 11 is 3.56. The van der Waals surface area contributed by atoms with Crippen molar-refractivity contribution in [2.75, 3.05) is 7.11 Å². The lowest BCUT2D eigenvalue weighted by atomic mass is 10.1. The van der Waals surface area contributed by atoms with Crippen LogP contribution in [-0.4, -0.2) is 39.2 Å². The normalized spacial score (nSPS) is 16.3. The molecule has 0 unspecified atom stereocenters. The minimum atomic E-state index is -0.427. The van der Waals surface area contributed by atoms with E-state index in [1.54, 1.807) is 6.20 Å². The summed E-state index contributed by atoms with van der Waals surface area (Å²) in [6, 6.07) is 1.85. The molecule has 0 saturated heterocycles. The second-order valence-electron chi connectivity index (χ2n) is 6.74. The molecule has 2 N–H and O–H groups in total. The van der Waals surface area contributed by atoms with Crippen molar-refractivity contribution < 1.29 is 9.53 Å². The Kier molecular flexibility index (Phi) is 5.08. The van der Waals surface area contributed by atoms with Crippen LogP contribution in [0.5, 0.6) is 0 Å². The number of nitrogens with zero attached hydrogens (tertiary/aromatic N) is 3. The Bertz CT molecular complexity index is 772. The van der Waals surface area contributed by atoms with Gasteiger partial charge >= 0.3 is 6.09 Å². The van der Waals surface area contributed by atoms with Crippen LogP contribution in [0.3, 0.4) is 0 Å². The van der Waals surface area contributed by atoms with Crippen molar-refractivity contribution in [2.45, 2.75) is 51.0 Å². The molecule has 0 radical (unpaired) electrons. The number of carbonyl (C=O) groups is 1. The lowest BCUT2D eigenvalue weighted by Crippen LogP contribution is -2.32. The van der Waals surface area contributed by atoms with E-state index < -0.39 is 6.09 Å². The highest BCUT2D eigenvalue weighted by Gasteiger charge is 2.42. The largest absolute Gasteiger partial charge is 0.453 e. The first kappa shape index (κ1) is 17.8. The van der Waals surface area contributed by atoms with Crippen LogP contribution in [0.1, 0.15) is 44.8 Å². The number of H-pyrrole nitrogens is 1. The lowest BCUT2D eigenvalue weighted by molar-refractivity contribution is 0.167. The van der Waals surface area contributed by atoms with Crippen LogP contribution in [0, 0.1) is 0 Å². The molecule has 2 heterocycles. The molecule has 1 atom stereocenters. The summed E-state index contributed by atoms with van der Waals surface area (Å²) < 4.78 is 5.45. The molecule has 0 aliphatic heterocycles. The minimum absolute atomic E-state index is 0.0155. The maximum atomic E-state index is 11.2. The zero-order valence-corrected chi connectivity index (χ0v) is 16.2. The van der Waals surface area contributed by atoms with Crippen molar-refractivity contribution in [2.24, 2.45) is 0 Å². The predicted molar refractivity (Wildman–Crippen MR) is 97.2 cm³/mol. The lowest BCUT2D eigenvalue weighted by Gasteiger charge is -2.12. The second-order valence-corrected chi connectivity index (χ2v) is 7.54. The zero-order chi connectivity index (χ0) is 18.0. The average Bonchev–Trinajstić information content (AvgIpc) is 3.22. The third-order valence-corrected chi connectivity index (χ3v) is 5.10. The standard InChI is InChI=1S/C17H22BrN5O2/c1-10(20-16(24)25-3)4-5-12-19-9-6-11(21-12)13-14(18)23-15(22-13)17(2)7-8-17/h6,9-10H,4-5,7-8H2,1-3H3,(H,20,24)(H,22,23)/t10-/m0/s1. The number of nitrogens with one attached hydrogen (secondary N) is 2. The first-order chi connectivity index (χ1) is 11.9. The number of hydrogen-bond acceptors (Lipinski definition) is 5. The molecule has 2 aromatic heterocycles. The molecular weight excluding hydrogens is 386 g/mol. The molecule has 1 aliphatic rings. The number of carbonyl (C=O) groups excluding carboxylic acids is 1. The van der Waals surface area contributed by atoms with Crippen molar-refractivity contribution in [3.8, 4) is 11.4 Å². The Morgan fingerprint density at radius 1 is 1.48 bits per heavy atom. The molecular formula is C17H22BrN5O2. The van der Waals surface area contributed by atoms with Gasteiger partial charge in [-0.25, -0.2) is 19.7 Å². The van der Waals surface area contributed by atoms with Crippen LogP contribution < -0.4 is 5.32 Å². The van der Waals surface area contributed by atoms with Gasteiger partial charge in [0.25, 0.3) is 0 Å². The summed E-state index contributed by atoms with van der Waals surface area (Å²) in [4.78, 5) is 28.2. The molecule has 0 aromatic carbocycles. The number of methoxy groups -OCH3 is 1. The summed E-state index contributed by atoms with van der Waals surface area (Å²) in [5.41, 5.74) is 1.77. The molecule has 1 fully saturated rings. The molecule has 25 heavy (non-hydrogen) atoms. The third-order valence-electron chi connectivity index (χ3n) is 4.53. The van der Waals surface area contributed by atoms with E-state index in [0.717, 1.165) is 46.9 Å². The number of imidazole rings is 1. The number of aryl methyl sites for hydroxylation is 1. The van der Waals surface area contributed by atoms with Crippen molar-refractivity contribution in [1.82, 2.24) is 25.3 Å². The Balaban J connectivity index is 1.69. The number of aromatic nitrogens is 4. The van der Waals surface area contributed by atoms with Gasteiger partial charge in [-0.15, -0.1) is 0 Å². The van der Waals surface area contributed by atoms with Crippen LogP contribution >= 0.6 is 15.9 Å². The van der Waals surface area contributed by atoms with Crippen molar-refractivity contribution >= 4 is 22.0 Å². The maximum Gasteiger partial charge on any atom is 0.407 e. The Labute approximate surface area is 155 Å². The van der Waals surface area contributed by atoms with Crippen LogP contribution in [0.4, 0.5) is 4.79 Å². The fourth-order valence-corrected chi connectivity index (χ4v) is 3.04. The zero-order valence-electron chi connectivity index (χ0n) is 14.6. The van der Waals surface area contributed by atoms with Gasteiger partial charge in [0.2, 0.25) is 0 Å². The van der Waals surface area contributed by atoms with E-state index in [1.165, 1.54) is 7.11 Å². The smallest absolute Gasteiger partial charge is 0.407 e. The number of aromatic amines is 1. The van der Waals surface area contributed by atoms with E-state index in [2.05, 4.69) is 47.9 Å². The summed E-state index contributed by atoms with van der Waals surface area (Å²) in [6.45, 7) is 4.14. The molecule has 0 bridgehead atoms. The SMILES string of the molecule is COC(=O)N[C@@H](C)CCc1nccc(-c2nc(C3(C)CC3)[nH]c2Br)n1. The molecule has 1 amide bonds. The third kappa shape index (κ3) is 4.18. The molecule has 1 saturated carbocycles. The number of hydrogen-bond donors (Lipinski definition) is 2. The van der Waals surface area contributed by atoms with Crippen LogP contribution in [0.25, 0.3) is 11.4 Å². The first-order valence-corrected chi connectivity index (χ1v) is 9.13. The minimum Gasteiger partial charge on any atom is -0.453 e. The van der Waals surface area contributed by atoms with E-state index in [9.17, 15) is 4.79 Å². The van der Waals surface area contributed by atoms with Crippen molar-refractivity contribution in [1.29, 1.82) is 0 Å². The van der Waals surface area contributed by atoms with Gasteiger partial charge in [0.15, 0.2) is 0 Å². The van der Waals surface area contributed by atoms with Crippen molar-refractivity contribution in [3.05, 3.63) is 28.5 Å². The second kappa shape index (κ2) is 7.11. The summed E-state index contributed by atoms with van der Waals surface area (Å²) in [7, 11) is 1.35. The monoisotopic (exact) mass is 407 g/mol. The van der Waals surface area contributed by atoms with Gasteiger partial charge in [0.05, 0.1) is 12.8 Å². The van der Waals surface area contributed by atoms with E-state index in [4.69, 9.17) is 4.98 Å². The number of amides is 1. The van der Waals surface area contributed by atoms with Crippen LogP contribution in [0.2, 0.25) is 0 Å². The molecule has 134 valence electrons. The molecule has 1 aliphatic carbocycles. The number of alkyl carbamates (subject to hydrolysis) is 1.